The summed E-state index contributed by atoms with van der Waals surface area (Å²) in [6.07, 6.45) is -1.35. The molecule has 0 aromatic heterocycles. The lowest BCUT2D eigenvalue weighted by molar-refractivity contribution is -0.145. The number of carboxylic acids is 1. The molecule has 0 heterocycles. The van der Waals surface area contributed by atoms with Crippen molar-refractivity contribution in [1.29, 1.82) is 0 Å². The molecule has 0 amide bonds. The van der Waals surface area contributed by atoms with E-state index in [4.69, 9.17) is 21.4 Å². The fourth-order valence-electron chi connectivity index (χ4n) is 1.41. The topological polar surface area (TPSA) is 66.8 Å². The van der Waals surface area contributed by atoms with Gasteiger partial charge in [-0.2, -0.15) is 0 Å². The third-order valence-corrected chi connectivity index (χ3v) is 2.57. The number of aliphatic hydroxyl groups is 1. The average Bonchev–Trinajstić information content (AvgIpc) is 2.26. The molecule has 0 aliphatic heterocycles. The minimum absolute atomic E-state index is 0.344. The number of aliphatic carboxylic acids is 1. The maximum atomic E-state index is 10.9. The summed E-state index contributed by atoms with van der Waals surface area (Å²) in [7, 11) is 0. The van der Waals surface area contributed by atoms with Crippen LogP contribution in [0.15, 0.2) is 18.2 Å². The molecular weight excluding hydrogens is 244 g/mol. The van der Waals surface area contributed by atoms with Crippen molar-refractivity contribution < 1.29 is 19.7 Å². The molecule has 2 atom stereocenters. The first kappa shape index (κ1) is 13.8. The van der Waals surface area contributed by atoms with Crippen molar-refractivity contribution in [3.8, 4) is 5.75 Å². The lowest BCUT2D eigenvalue weighted by atomic mass is 10.1. The van der Waals surface area contributed by atoms with Crippen LogP contribution >= 0.6 is 11.6 Å². The van der Waals surface area contributed by atoms with Crippen LogP contribution in [0.5, 0.6) is 5.75 Å². The van der Waals surface area contributed by atoms with Gasteiger partial charge in [-0.15, -0.1) is 0 Å². The molecule has 1 unspecified atom stereocenters. The van der Waals surface area contributed by atoms with Crippen molar-refractivity contribution in [2.24, 2.45) is 0 Å². The molecule has 0 spiro atoms. The first-order valence-corrected chi connectivity index (χ1v) is 5.70. The molecule has 0 saturated heterocycles. The lowest BCUT2D eigenvalue weighted by Crippen LogP contribution is -2.26. The number of rotatable bonds is 5. The Balaban J connectivity index is 3.01. The van der Waals surface area contributed by atoms with E-state index in [1.807, 2.05) is 0 Å². The van der Waals surface area contributed by atoms with Gasteiger partial charge in [0.05, 0.1) is 6.10 Å². The molecule has 2 N–H and O–H groups in total. The second kappa shape index (κ2) is 5.89. The van der Waals surface area contributed by atoms with E-state index in [1.54, 1.807) is 32.0 Å². The molecule has 0 radical (unpaired) electrons. The highest BCUT2D eigenvalue weighted by atomic mass is 35.5. The summed E-state index contributed by atoms with van der Waals surface area (Å²) in [4.78, 5) is 10.9. The highest BCUT2D eigenvalue weighted by Gasteiger charge is 2.19. The monoisotopic (exact) mass is 258 g/mol. The Kier molecular flexibility index (Phi) is 4.78. The van der Waals surface area contributed by atoms with E-state index in [2.05, 4.69) is 0 Å². The van der Waals surface area contributed by atoms with E-state index in [-0.39, 0.29) is 0 Å². The Morgan fingerprint density at radius 3 is 2.65 bits per heavy atom. The van der Waals surface area contributed by atoms with E-state index in [0.29, 0.717) is 22.8 Å². The quantitative estimate of drug-likeness (QED) is 0.852. The van der Waals surface area contributed by atoms with Crippen LogP contribution in [-0.4, -0.2) is 22.3 Å². The fourth-order valence-corrected chi connectivity index (χ4v) is 1.60. The van der Waals surface area contributed by atoms with Crippen LogP contribution in [-0.2, 0) is 4.79 Å². The molecule has 17 heavy (non-hydrogen) atoms. The number of carboxylic acid groups (broad SMARTS) is 1. The zero-order chi connectivity index (χ0) is 13.0. The second-order valence-corrected chi connectivity index (χ2v) is 4.15. The minimum atomic E-state index is -1.03. The van der Waals surface area contributed by atoms with E-state index in [1.165, 1.54) is 0 Å². The highest BCUT2D eigenvalue weighted by Crippen LogP contribution is 2.29. The Labute approximate surface area is 105 Å². The van der Waals surface area contributed by atoms with E-state index in [9.17, 15) is 9.90 Å². The molecular formula is C12H15ClO4. The normalized spacial score (nSPS) is 14.1. The molecule has 1 rings (SSSR count). The van der Waals surface area contributed by atoms with Gasteiger partial charge in [-0.25, -0.2) is 4.79 Å². The molecule has 0 fully saturated rings. The van der Waals surface area contributed by atoms with Crippen LogP contribution in [0.3, 0.4) is 0 Å². The summed E-state index contributed by atoms with van der Waals surface area (Å²) < 4.78 is 5.35. The molecule has 94 valence electrons. The molecule has 0 bridgehead atoms. The smallest absolute Gasteiger partial charge is 0.344 e. The Hall–Kier alpha value is -1.26. The summed E-state index contributed by atoms with van der Waals surface area (Å²) in [6.45, 7) is 3.29. The summed E-state index contributed by atoms with van der Waals surface area (Å²) >= 11 is 5.81. The SMILES string of the molecule is CCC(Oc1ccc(Cl)cc1[C@H](C)O)C(=O)O. The predicted molar refractivity (Wildman–Crippen MR) is 64.4 cm³/mol. The predicted octanol–water partition coefficient (Wildman–Crippen LogP) is 2.64. The van der Waals surface area contributed by atoms with Crippen molar-refractivity contribution in [3.05, 3.63) is 28.8 Å². The Morgan fingerprint density at radius 1 is 1.53 bits per heavy atom. The van der Waals surface area contributed by atoms with Crippen LogP contribution in [0.25, 0.3) is 0 Å². The van der Waals surface area contributed by atoms with Crippen LogP contribution in [0, 0.1) is 0 Å². The van der Waals surface area contributed by atoms with Gasteiger partial charge in [0.15, 0.2) is 6.10 Å². The molecule has 1 aromatic carbocycles. The number of benzene rings is 1. The second-order valence-electron chi connectivity index (χ2n) is 3.71. The van der Waals surface area contributed by atoms with Gasteiger partial charge in [-0.1, -0.05) is 18.5 Å². The van der Waals surface area contributed by atoms with Gasteiger partial charge in [-0.05, 0) is 31.5 Å². The number of carbonyl (C=O) groups is 1. The van der Waals surface area contributed by atoms with Gasteiger partial charge in [0.25, 0.3) is 0 Å². The van der Waals surface area contributed by atoms with Gasteiger partial charge in [0, 0.05) is 10.6 Å². The minimum Gasteiger partial charge on any atom is -0.479 e. The number of ether oxygens (including phenoxy) is 1. The van der Waals surface area contributed by atoms with E-state index >= 15 is 0 Å². The van der Waals surface area contributed by atoms with Crippen molar-refractivity contribution in [2.75, 3.05) is 0 Å². The molecule has 1 aromatic rings. The van der Waals surface area contributed by atoms with Crippen LogP contribution in [0.2, 0.25) is 5.02 Å². The largest absolute Gasteiger partial charge is 0.479 e. The summed E-state index contributed by atoms with van der Waals surface area (Å²) in [5.41, 5.74) is 0.484. The maximum absolute atomic E-state index is 10.9. The third kappa shape index (κ3) is 3.61. The van der Waals surface area contributed by atoms with Gasteiger partial charge >= 0.3 is 5.97 Å². The molecule has 0 aliphatic carbocycles. The first-order valence-electron chi connectivity index (χ1n) is 5.32. The average molecular weight is 259 g/mol. The highest BCUT2D eigenvalue weighted by molar-refractivity contribution is 6.30. The third-order valence-electron chi connectivity index (χ3n) is 2.34. The molecule has 5 heteroatoms. The number of hydrogen-bond acceptors (Lipinski definition) is 3. The maximum Gasteiger partial charge on any atom is 0.344 e. The van der Waals surface area contributed by atoms with Gasteiger partial charge in [0.2, 0.25) is 0 Å². The number of hydrogen-bond donors (Lipinski definition) is 2. The number of aliphatic hydroxyl groups excluding tert-OH is 1. The fraction of sp³-hybridized carbons (Fsp3) is 0.417. The summed E-state index contributed by atoms with van der Waals surface area (Å²) in [6, 6.07) is 4.73. The lowest BCUT2D eigenvalue weighted by Gasteiger charge is -2.17. The van der Waals surface area contributed by atoms with Crippen LogP contribution in [0.4, 0.5) is 0 Å². The Morgan fingerprint density at radius 2 is 2.18 bits per heavy atom. The van der Waals surface area contributed by atoms with Gasteiger partial charge in [0.1, 0.15) is 5.75 Å². The number of halogens is 1. The van der Waals surface area contributed by atoms with Crippen molar-refractivity contribution in [1.82, 2.24) is 0 Å². The van der Waals surface area contributed by atoms with Crippen molar-refractivity contribution >= 4 is 17.6 Å². The molecule has 0 saturated carbocycles. The van der Waals surface area contributed by atoms with Crippen LogP contribution < -0.4 is 4.74 Å². The summed E-state index contributed by atoms with van der Waals surface area (Å²) in [5.74, 6) is -0.683. The van der Waals surface area contributed by atoms with Crippen LogP contribution in [0.1, 0.15) is 31.9 Å². The first-order chi connectivity index (χ1) is 7.95. The zero-order valence-corrected chi connectivity index (χ0v) is 10.4. The van der Waals surface area contributed by atoms with Gasteiger partial charge in [-0.3, -0.25) is 0 Å². The van der Waals surface area contributed by atoms with E-state index in [0.717, 1.165) is 0 Å². The molecule has 4 nitrogen and oxygen atoms in total. The standard InChI is InChI=1S/C12H15ClO4/c1-3-10(12(15)16)17-11-5-4-8(13)6-9(11)7(2)14/h4-7,10,14H,3H2,1-2H3,(H,15,16)/t7-,10?/m0/s1. The van der Waals surface area contributed by atoms with Crippen molar-refractivity contribution in [2.45, 2.75) is 32.5 Å². The summed E-state index contributed by atoms with van der Waals surface area (Å²) in [5, 5.41) is 18.9. The van der Waals surface area contributed by atoms with Crippen molar-refractivity contribution in [3.63, 3.8) is 0 Å². The Bertz CT molecular complexity index is 403. The van der Waals surface area contributed by atoms with Gasteiger partial charge < -0.3 is 14.9 Å². The zero-order valence-electron chi connectivity index (χ0n) is 9.68. The molecule has 0 aliphatic rings. The van der Waals surface area contributed by atoms with E-state index < -0.39 is 18.2 Å².